The van der Waals surface area contributed by atoms with Crippen LogP contribution in [-0.2, 0) is 16.0 Å². The first kappa shape index (κ1) is 10.5. The molecule has 2 N–H and O–H groups in total. The van der Waals surface area contributed by atoms with E-state index in [-0.39, 0.29) is 16.3 Å². The highest BCUT2D eigenvalue weighted by Gasteiger charge is 2.16. The molecule has 0 amide bonds. The quantitative estimate of drug-likeness (QED) is 0.743. The van der Waals surface area contributed by atoms with E-state index in [0.29, 0.717) is 0 Å². The summed E-state index contributed by atoms with van der Waals surface area (Å²) in [5.74, 6) is -2.72. The minimum Gasteiger partial charge on any atom is -0.508 e. The highest BCUT2D eigenvalue weighted by molar-refractivity contribution is 6.35. The average molecular weight is 215 g/mol. The lowest BCUT2D eigenvalue weighted by Gasteiger charge is -2.03. The molecule has 0 heterocycles. The molecule has 0 radical (unpaired) electrons. The van der Waals surface area contributed by atoms with Gasteiger partial charge in [-0.1, -0.05) is 17.7 Å². The number of phenolic OH excluding ortho intramolecular Hbond substituents is 1. The minimum atomic E-state index is -1.54. The average Bonchev–Trinajstić information content (AvgIpc) is 2.11. The Balaban J connectivity index is 2.97. The monoisotopic (exact) mass is 214 g/mol. The number of hydrogen-bond donors (Lipinski definition) is 2. The summed E-state index contributed by atoms with van der Waals surface area (Å²) < 4.78 is 0. The Hall–Kier alpha value is -1.55. The summed E-state index contributed by atoms with van der Waals surface area (Å²) in [6.07, 6.45) is -0.402. The molecule has 0 unspecified atom stereocenters. The molecule has 0 aliphatic heterocycles. The first-order valence-electron chi connectivity index (χ1n) is 3.75. The number of Topliss-reactive ketones (excluding diaryl/α,β-unsaturated/α-hetero) is 1. The number of aromatic hydroxyl groups is 1. The Morgan fingerprint density at radius 2 is 2.00 bits per heavy atom. The summed E-state index contributed by atoms with van der Waals surface area (Å²) in [5, 5.41) is 17.8. The van der Waals surface area contributed by atoms with E-state index < -0.39 is 18.2 Å². The van der Waals surface area contributed by atoms with Gasteiger partial charge in [-0.15, -0.1) is 0 Å². The number of carbonyl (C=O) groups is 2. The SMILES string of the molecule is O=C(O)C(=O)Cc1c(O)cccc1Cl. The van der Waals surface area contributed by atoms with E-state index in [1.54, 1.807) is 0 Å². The third kappa shape index (κ3) is 2.23. The van der Waals surface area contributed by atoms with Crippen molar-refractivity contribution >= 4 is 23.4 Å². The van der Waals surface area contributed by atoms with Crippen molar-refractivity contribution in [2.24, 2.45) is 0 Å². The van der Waals surface area contributed by atoms with Crippen LogP contribution in [-0.4, -0.2) is 22.0 Å². The molecule has 5 heteroatoms. The largest absolute Gasteiger partial charge is 0.508 e. The predicted octanol–water partition coefficient (Wildman–Crippen LogP) is 1.24. The number of ketones is 1. The van der Waals surface area contributed by atoms with Gasteiger partial charge in [0.1, 0.15) is 5.75 Å². The molecule has 0 aromatic heterocycles. The molecule has 1 aromatic carbocycles. The fraction of sp³-hybridized carbons (Fsp3) is 0.111. The molecule has 0 atom stereocenters. The number of hydrogen-bond acceptors (Lipinski definition) is 3. The molecule has 0 aliphatic carbocycles. The Morgan fingerprint density at radius 3 is 2.50 bits per heavy atom. The lowest BCUT2D eigenvalue weighted by atomic mass is 10.1. The van der Waals surface area contributed by atoms with Crippen LogP contribution in [0.15, 0.2) is 18.2 Å². The lowest BCUT2D eigenvalue weighted by Crippen LogP contribution is -2.15. The van der Waals surface area contributed by atoms with Crippen LogP contribution in [0.25, 0.3) is 0 Å². The van der Waals surface area contributed by atoms with Crippen molar-refractivity contribution in [1.29, 1.82) is 0 Å². The van der Waals surface area contributed by atoms with Crippen LogP contribution < -0.4 is 0 Å². The van der Waals surface area contributed by atoms with Gasteiger partial charge in [-0.2, -0.15) is 0 Å². The molecule has 1 aromatic rings. The van der Waals surface area contributed by atoms with Gasteiger partial charge in [-0.05, 0) is 12.1 Å². The second kappa shape index (κ2) is 4.11. The zero-order valence-corrected chi connectivity index (χ0v) is 7.78. The Morgan fingerprint density at radius 1 is 1.36 bits per heavy atom. The van der Waals surface area contributed by atoms with Crippen LogP contribution in [0.2, 0.25) is 5.02 Å². The maximum Gasteiger partial charge on any atom is 0.372 e. The van der Waals surface area contributed by atoms with Crippen molar-refractivity contribution in [3.05, 3.63) is 28.8 Å². The summed E-state index contributed by atoms with van der Waals surface area (Å²) in [4.78, 5) is 21.1. The van der Waals surface area contributed by atoms with E-state index in [9.17, 15) is 14.7 Å². The van der Waals surface area contributed by atoms with Gasteiger partial charge in [0, 0.05) is 17.0 Å². The van der Waals surface area contributed by atoms with Gasteiger partial charge in [0.25, 0.3) is 0 Å². The summed E-state index contributed by atoms with van der Waals surface area (Å²) in [6.45, 7) is 0. The number of rotatable bonds is 3. The van der Waals surface area contributed by atoms with Gasteiger partial charge in [-0.3, -0.25) is 4.79 Å². The number of benzene rings is 1. The van der Waals surface area contributed by atoms with Crippen molar-refractivity contribution in [1.82, 2.24) is 0 Å². The normalized spacial score (nSPS) is 9.79. The fourth-order valence-corrected chi connectivity index (χ4v) is 1.19. The van der Waals surface area contributed by atoms with E-state index in [1.165, 1.54) is 18.2 Å². The summed E-state index contributed by atoms with van der Waals surface area (Å²) >= 11 is 5.67. The third-order valence-electron chi connectivity index (χ3n) is 1.67. The van der Waals surface area contributed by atoms with Crippen molar-refractivity contribution in [2.45, 2.75) is 6.42 Å². The van der Waals surface area contributed by atoms with Crippen molar-refractivity contribution < 1.29 is 19.8 Å². The lowest BCUT2D eigenvalue weighted by molar-refractivity contribution is -0.148. The van der Waals surface area contributed by atoms with Crippen LogP contribution in [0.5, 0.6) is 5.75 Å². The summed E-state index contributed by atoms with van der Waals surface area (Å²) in [6, 6.07) is 4.33. The Kier molecular flexibility index (Phi) is 3.09. The number of halogens is 1. The second-order valence-corrected chi connectivity index (χ2v) is 3.05. The highest BCUT2D eigenvalue weighted by atomic mass is 35.5. The second-order valence-electron chi connectivity index (χ2n) is 2.64. The predicted molar refractivity (Wildman–Crippen MR) is 49.5 cm³/mol. The Bertz CT molecular complexity index is 366. The van der Waals surface area contributed by atoms with E-state index in [0.717, 1.165) is 0 Å². The van der Waals surface area contributed by atoms with Gasteiger partial charge >= 0.3 is 5.97 Å². The van der Waals surface area contributed by atoms with Crippen molar-refractivity contribution in [3.63, 3.8) is 0 Å². The molecule has 0 aliphatic rings. The Labute approximate surface area is 84.7 Å². The van der Waals surface area contributed by atoms with Crippen molar-refractivity contribution in [3.8, 4) is 5.75 Å². The van der Waals surface area contributed by atoms with E-state index in [1.807, 2.05) is 0 Å². The van der Waals surface area contributed by atoms with Gasteiger partial charge in [0.2, 0.25) is 5.78 Å². The molecule has 0 fully saturated rings. The van der Waals surface area contributed by atoms with E-state index in [2.05, 4.69) is 0 Å². The fourth-order valence-electron chi connectivity index (χ4n) is 0.958. The van der Waals surface area contributed by atoms with Crippen LogP contribution in [0.3, 0.4) is 0 Å². The maximum atomic E-state index is 10.8. The highest BCUT2D eigenvalue weighted by Crippen LogP contribution is 2.25. The van der Waals surface area contributed by atoms with E-state index >= 15 is 0 Å². The molecule has 0 saturated heterocycles. The topological polar surface area (TPSA) is 74.6 Å². The summed E-state index contributed by atoms with van der Waals surface area (Å²) in [7, 11) is 0. The first-order chi connectivity index (χ1) is 6.52. The molecule has 0 saturated carbocycles. The zero-order chi connectivity index (χ0) is 10.7. The summed E-state index contributed by atoms with van der Waals surface area (Å²) in [5.41, 5.74) is 0.140. The standard InChI is InChI=1S/C9H7ClO4/c10-6-2-1-3-7(11)5(6)4-8(12)9(13)14/h1-3,11H,4H2,(H,13,14). The molecule has 74 valence electrons. The molecular weight excluding hydrogens is 208 g/mol. The minimum absolute atomic E-state index is 0.140. The van der Waals surface area contributed by atoms with Crippen LogP contribution in [0, 0.1) is 0 Å². The smallest absolute Gasteiger partial charge is 0.372 e. The number of phenols is 1. The molecule has 14 heavy (non-hydrogen) atoms. The third-order valence-corrected chi connectivity index (χ3v) is 2.02. The molecule has 1 rings (SSSR count). The van der Waals surface area contributed by atoms with Crippen LogP contribution in [0.1, 0.15) is 5.56 Å². The number of carboxylic acid groups (broad SMARTS) is 1. The molecule has 0 bridgehead atoms. The number of carboxylic acids is 1. The molecule has 4 nitrogen and oxygen atoms in total. The number of aliphatic carboxylic acids is 1. The van der Waals surface area contributed by atoms with Crippen LogP contribution >= 0.6 is 11.6 Å². The molecular formula is C9H7ClO4. The van der Waals surface area contributed by atoms with Gasteiger partial charge in [-0.25, -0.2) is 4.79 Å². The van der Waals surface area contributed by atoms with Gasteiger partial charge < -0.3 is 10.2 Å². The van der Waals surface area contributed by atoms with Crippen molar-refractivity contribution in [2.75, 3.05) is 0 Å². The van der Waals surface area contributed by atoms with Gasteiger partial charge in [0.05, 0.1) is 0 Å². The maximum absolute atomic E-state index is 10.8. The van der Waals surface area contributed by atoms with Crippen LogP contribution in [0.4, 0.5) is 0 Å². The molecule has 0 spiro atoms. The first-order valence-corrected chi connectivity index (χ1v) is 4.12. The zero-order valence-electron chi connectivity index (χ0n) is 7.03. The van der Waals surface area contributed by atoms with E-state index in [4.69, 9.17) is 16.7 Å². The van der Waals surface area contributed by atoms with Gasteiger partial charge in [0.15, 0.2) is 0 Å². The number of carbonyl (C=O) groups excluding carboxylic acids is 1.